The van der Waals surface area contributed by atoms with Gasteiger partial charge < -0.3 is 4.57 Å². The van der Waals surface area contributed by atoms with Crippen molar-refractivity contribution in [1.29, 1.82) is 0 Å². The minimum Gasteiger partial charge on any atom is -0.314 e. The van der Waals surface area contributed by atoms with Crippen LogP contribution in [0.4, 0.5) is 0 Å². The predicted molar refractivity (Wildman–Crippen MR) is 133 cm³/mol. The number of rotatable bonds is 8. The number of fused-ring (bicyclic) bond motifs is 1. The van der Waals surface area contributed by atoms with Crippen LogP contribution in [-0.4, -0.2) is 27.4 Å². The molecule has 6 heteroatoms. The van der Waals surface area contributed by atoms with Crippen LogP contribution in [0.15, 0.2) is 101 Å². The molecule has 0 saturated heterocycles. The Labute approximate surface area is 191 Å². The number of carbonyl (C=O) groups is 1. The number of carbonyl (C=O) groups excluding carboxylic acids is 1. The zero-order valence-electron chi connectivity index (χ0n) is 17.8. The second kappa shape index (κ2) is 10.6. The van der Waals surface area contributed by atoms with E-state index < -0.39 is 0 Å². The second-order valence-electron chi connectivity index (χ2n) is 7.34. The smallest absolute Gasteiger partial charge is 0.250 e. The summed E-state index contributed by atoms with van der Waals surface area (Å²) in [7, 11) is 0. The highest BCUT2D eigenvalue weighted by atomic mass is 32.2. The van der Waals surface area contributed by atoms with Crippen molar-refractivity contribution < 1.29 is 4.79 Å². The number of hydrogen-bond donors (Lipinski definition) is 1. The molecule has 3 aromatic carbocycles. The average molecular weight is 441 g/mol. The van der Waals surface area contributed by atoms with E-state index >= 15 is 0 Å². The molecule has 4 rings (SSSR count). The van der Waals surface area contributed by atoms with Crippen molar-refractivity contribution in [3.8, 4) is 0 Å². The molecule has 0 aliphatic rings. The monoisotopic (exact) mass is 440 g/mol. The molecule has 1 aromatic heterocycles. The number of nitrogens with zero attached hydrogens (tertiary/aromatic N) is 3. The van der Waals surface area contributed by atoms with E-state index in [2.05, 4.69) is 33.3 Å². The summed E-state index contributed by atoms with van der Waals surface area (Å²) in [6.07, 6.45) is 3.66. The van der Waals surface area contributed by atoms with Gasteiger partial charge in [0.15, 0.2) is 5.16 Å². The third-order valence-electron chi connectivity index (χ3n) is 4.79. The number of allylic oxidation sites excluding steroid dienone is 1. The van der Waals surface area contributed by atoms with Crippen molar-refractivity contribution in [2.24, 2.45) is 5.10 Å². The van der Waals surface area contributed by atoms with E-state index in [4.69, 9.17) is 4.98 Å². The minimum absolute atomic E-state index is 0.169. The summed E-state index contributed by atoms with van der Waals surface area (Å²) in [5.41, 5.74) is 7.81. The summed E-state index contributed by atoms with van der Waals surface area (Å²) in [6.45, 7) is 2.65. The van der Waals surface area contributed by atoms with Crippen molar-refractivity contribution in [3.05, 3.63) is 102 Å². The Morgan fingerprint density at radius 1 is 1.00 bits per heavy atom. The normalized spacial score (nSPS) is 11.8. The summed E-state index contributed by atoms with van der Waals surface area (Å²) < 4.78 is 2.15. The van der Waals surface area contributed by atoms with E-state index in [1.807, 2.05) is 79.7 Å². The quantitative estimate of drug-likeness (QED) is 0.227. The Morgan fingerprint density at radius 3 is 2.47 bits per heavy atom. The first kappa shape index (κ1) is 21.6. The van der Waals surface area contributed by atoms with Gasteiger partial charge in [-0.05, 0) is 35.8 Å². The molecule has 0 saturated carbocycles. The molecule has 0 unspecified atom stereocenters. The molecule has 4 aromatic rings. The lowest BCUT2D eigenvalue weighted by Gasteiger charge is -2.09. The molecule has 0 atom stereocenters. The van der Waals surface area contributed by atoms with Crippen LogP contribution < -0.4 is 5.43 Å². The maximum absolute atomic E-state index is 12.3. The lowest BCUT2D eigenvalue weighted by molar-refractivity contribution is -0.118. The zero-order valence-corrected chi connectivity index (χ0v) is 18.6. The number of hydrazone groups is 1. The second-order valence-corrected chi connectivity index (χ2v) is 8.28. The number of thioether (sulfide) groups is 1. The van der Waals surface area contributed by atoms with Gasteiger partial charge in [-0.2, -0.15) is 5.10 Å². The number of amides is 1. The summed E-state index contributed by atoms with van der Waals surface area (Å²) in [4.78, 5) is 17.1. The molecule has 0 bridgehead atoms. The van der Waals surface area contributed by atoms with E-state index in [9.17, 15) is 4.79 Å². The summed E-state index contributed by atoms with van der Waals surface area (Å²) in [5.74, 6) is 0.0637. The molecule has 0 aliphatic heterocycles. The molecule has 0 fully saturated rings. The van der Waals surface area contributed by atoms with Crippen LogP contribution in [0, 0.1) is 0 Å². The number of nitrogens with one attached hydrogen (secondary N) is 1. The van der Waals surface area contributed by atoms with Crippen LogP contribution in [0.1, 0.15) is 18.1 Å². The van der Waals surface area contributed by atoms with Gasteiger partial charge in [-0.3, -0.25) is 4.79 Å². The lowest BCUT2D eigenvalue weighted by Crippen LogP contribution is -2.20. The number of benzene rings is 3. The highest BCUT2D eigenvalue weighted by Gasteiger charge is 2.13. The number of imidazole rings is 1. The third kappa shape index (κ3) is 5.74. The first-order valence-corrected chi connectivity index (χ1v) is 11.3. The molecule has 0 radical (unpaired) electrons. The molecular formula is C26H24N4OS. The predicted octanol–water partition coefficient (Wildman–Crippen LogP) is 5.38. The van der Waals surface area contributed by atoms with Crippen LogP contribution in [-0.2, 0) is 11.3 Å². The van der Waals surface area contributed by atoms with Crippen LogP contribution in [0.25, 0.3) is 17.1 Å². The molecule has 1 N–H and O–H groups in total. The molecule has 32 heavy (non-hydrogen) atoms. The average Bonchev–Trinajstić information content (AvgIpc) is 3.16. The van der Waals surface area contributed by atoms with Gasteiger partial charge in [0, 0.05) is 0 Å². The van der Waals surface area contributed by atoms with E-state index in [1.54, 1.807) is 6.21 Å². The van der Waals surface area contributed by atoms with Gasteiger partial charge in [-0.15, -0.1) is 0 Å². The fraction of sp³-hybridized carbons (Fsp3) is 0.115. The Kier molecular flexibility index (Phi) is 7.15. The van der Waals surface area contributed by atoms with Crippen molar-refractivity contribution in [3.63, 3.8) is 0 Å². The van der Waals surface area contributed by atoms with Crippen LogP contribution in [0.2, 0.25) is 0 Å². The Balaban J connectivity index is 1.40. The van der Waals surface area contributed by atoms with Gasteiger partial charge in [-0.25, -0.2) is 10.4 Å². The van der Waals surface area contributed by atoms with E-state index in [0.717, 1.165) is 27.3 Å². The van der Waals surface area contributed by atoms with Gasteiger partial charge in [-0.1, -0.05) is 90.6 Å². The van der Waals surface area contributed by atoms with Gasteiger partial charge >= 0.3 is 0 Å². The Bertz CT molecular complexity index is 1250. The summed E-state index contributed by atoms with van der Waals surface area (Å²) in [6, 6.07) is 28.3. The third-order valence-corrected chi connectivity index (χ3v) is 5.76. The summed E-state index contributed by atoms with van der Waals surface area (Å²) in [5, 5.41) is 4.89. The van der Waals surface area contributed by atoms with Gasteiger partial charge in [0.05, 0.1) is 29.5 Å². The highest BCUT2D eigenvalue weighted by molar-refractivity contribution is 7.99. The Hall–Kier alpha value is -3.64. The molecule has 5 nitrogen and oxygen atoms in total. The molecule has 0 aliphatic carbocycles. The standard InChI is InChI=1S/C26H24N4OS/c1-20(16-21-10-4-2-5-11-21)17-27-29-25(31)19-32-26-28-23-14-8-9-15-24(23)30(26)18-22-12-6-3-7-13-22/h2-17H,18-19H2,1H3,(H,29,31). The maximum atomic E-state index is 12.3. The van der Waals surface area contributed by atoms with Crippen LogP contribution >= 0.6 is 11.8 Å². The van der Waals surface area contributed by atoms with Crippen LogP contribution in [0.5, 0.6) is 0 Å². The van der Waals surface area contributed by atoms with E-state index in [-0.39, 0.29) is 11.7 Å². The molecule has 0 spiro atoms. The van der Waals surface area contributed by atoms with Gasteiger partial charge in [0.2, 0.25) is 0 Å². The highest BCUT2D eigenvalue weighted by Crippen LogP contribution is 2.25. The minimum atomic E-state index is -0.169. The molecule has 160 valence electrons. The Morgan fingerprint density at radius 2 is 1.69 bits per heavy atom. The molecular weight excluding hydrogens is 416 g/mol. The van der Waals surface area contributed by atoms with Gasteiger partial charge in [0.1, 0.15) is 0 Å². The largest absolute Gasteiger partial charge is 0.314 e. The van der Waals surface area contributed by atoms with Crippen molar-refractivity contribution in [2.75, 3.05) is 5.75 Å². The number of aromatic nitrogens is 2. The SMILES string of the molecule is CC(C=NNC(=O)CSc1nc2ccccc2n1Cc1ccccc1)=Cc1ccccc1. The maximum Gasteiger partial charge on any atom is 0.250 e. The first-order chi connectivity index (χ1) is 15.7. The van der Waals surface area contributed by atoms with E-state index in [0.29, 0.717) is 6.54 Å². The van der Waals surface area contributed by atoms with Gasteiger partial charge in [0.25, 0.3) is 5.91 Å². The van der Waals surface area contributed by atoms with Crippen molar-refractivity contribution >= 4 is 41.0 Å². The number of para-hydroxylation sites is 2. The summed E-state index contributed by atoms with van der Waals surface area (Å²) >= 11 is 1.41. The molecule has 1 amide bonds. The fourth-order valence-electron chi connectivity index (χ4n) is 3.30. The van der Waals surface area contributed by atoms with Crippen molar-refractivity contribution in [1.82, 2.24) is 15.0 Å². The topological polar surface area (TPSA) is 59.3 Å². The fourth-order valence-corrected chi connectivity index (χ4v) is 4.11. The molecule has 1 heterocycles. The number of hydrogen-bond acceptors (Lipinski definition) is 4. The van der Waals surface area contributed by atoms with Crippen molar-refractivity contribution in [2.45, 2.75) is 18.6 Å². The first-order valence-electron chi connectivity index (χ1n) is 10.4. The van der Waals surface area contributed by atoms with Crippen LogP contribution in [0.3, 0.4) is 0 Å². The lowest BCUT2D eigenvalue weighted by atomic mass is 10.1. The van der Waals surface area contributed by atoms with E-state index in [1.165, 1.54) is 17.3 Å². The zero-order chi connectivity index (χ0) is 22.2.